The maximum atomic E-state index is 5.19. The van der Waals surface area contributed by atoms with E-state index in [0.29, 0.717) is 5.82 Å². The fourth-order valence-electron chi connectivity index (χ4n) is 1.81. The molecule has 1 aliphatic rings. The zero-order valence-corrected chi connectivity index (χ0v) is 11.9. The normalized spacial score (nSPS) is 11.5. The number of aromatic amines is 2. The molecule has 1 aliphatic carbocycles. The summed E-state index contributed by atoms with van der Waals surface area (Å²) in [5.41, 5.74) is 9.49. The van der Waals surface area contributed by atoms with Gasteiger partial charge in [0.25, 0.3) is 0 Å². The van der Waals surface area contributed by atoms with Gasteiger partial charge >= 0.3 is 0 Å². The molecule has 0 radical (unpaired) electrons. The van der Waals surface area contributed by atoms with Crippen LogP contribution in [0.5, 0.6) is 0 Å². The molecule has 19 heavy (non-hydrogen) atoms. The molecule has 0 saturated carbocycles. The van der Waals surface area contributed by atoms with Gasteiger partial charge in [-0.1, -0.05) is 29.8 Å². The van der Waals surface area contributed by atoms with Crippen LogP contribution < -0.4 is 10.7 Å². The van der Waals surface area contributed by atoms with Gasteiger partial charge in [-0.15, -0.1) is 6.58 Å². The quantitative estimate of drug-likeness (QED) is 0.701. The number of aryl methyl sites for hydroxylation is 2. The van der Waals surface area contributed by atoms with E-state index < -0.39 is 0 Å². The van der Waals surface area contributed by atoms with Gasteiger partial charge in [0.1, 0.15) is 0 Å². The highest BCUT2D eigenvalue weighted by molar-refractivity contribution is 5.30. The predicted molar refractivity (Wildman–Crippen MR) is 80.7 cm³/mol. The number of aromatic nitrogens is 2. The van der Waals surface area contributed by atoms with Crippen molar-refractivity contribution in [2.45, 2.75) is 33.1 Å². The Bertz CT molecular complexity index is 459. The van der Waals surface area contributed by atoms with Crippen LogP contribution in [-0.2, 0) is 12.8 Å². The smallest absolute Gasteiger partial charge is 0.240 e. The molecular weight excluding hydrogens is 234 g/mol. The molecule has 1 aromatic carbocycles. The van der Waals surface area contributed by atoms with Crippen LogP contribution in [0, 0.1) is 0 Å². The number of hydrogen-bond acceptors (Lipinski definition) is 1. The molecule has 0 amide bonds. The maximum Gasteiger partial charge on any atom is 0.240 e. The number of nitrogens with two attached hydrogens (primary N) is 1. The number of allylic oxidation sites excluding steroid dienone is 1. The van der Waals surface area contributed by atoms with Gasteiger partial charge in [-0.3, -0.25) is 0 Å². The molecule has 1 aromatic heterocycles. The van der Waals surface area contributed by atoms with E-state index in [1.165, 1.54) is 24.8 Å². The van der Waals surface area contributed by atoms with E-state index in [-0.39, 0.29) is 0 Å². The third-order valence-electron chi connectivity index (χ3n) is 2.57. The average Bonchev–Trinajstić information content (AvgIpc) is 2.99. The zero-order chi connectivity index (χ0) is 14.1. The summed E-state index contributed by atoms with van der Waals surface area (Å²) in [6, 6.07) is 8.74. The number of nitrogens with one attached hydrogen (secondary N) is 2. The molecule has 0 bridgehead atoms. The second kappa shape index (κ2) is 8.14. The van der Waals surface area contributed by atoms with Gasteiger partial charge in [-0.25, -0.2) is 9.97 Å². The Morgan fingerprint density at radius 1 is 1.21 bits per heavy atom. The third-order valence-corrected chi connectivity index (χ3v) is 2.57. The SMILES string of the molecule is C=C(C)C.Nc1c[nH+]c[nH]1.c1ccc2c(c1)CCC2. The van der Waals surface area contributed by atoms with E-state index >= 15 is 0 Å². The molecule has 4 N–H and O–H groups in total. The molecule has 3 heteroatoms. The standard InChI is InChI=1S/C9H10.C4H8.C3H5N3/c1-2-5-9-7-3-6-8(9)4-1;1-4(2)3;4-3-1-5-2-6-3/h1-2,4-5H,3,6-7H2;1H2,2-3H3;1-2H,4H2,(H,5,6)/p+1. The van der Waals surface area contributed by atoms with Crippen LogP contribution >= 0.6 is 0 Å². The number of hydrogen-bond donors (Lipinski definition) is 2. The molecule has 0 fully saturated rings. The Balaban J connectivity index is 0.000000158. The summed E-state index contributed by atoms with van der Waals surface area (Å²) >= 11 is 0. The van der Waals surface area contributed by atoms with Crippen molar-refractivity contribution in [3.05, 3.63) is 60.1 Å². The first-order valence-corrected chi connectivity index (χ1v) is 6.58. The molecule has 102 valence electrons. The molecule has 1 heterocycles. The van der Waals surface area contributed by atoms with E-state index in [4.69, 9.17) is 5.73 Å². The van der Waals surface area contributed by atoms with E-state index in [1.54, 1.807) is 23.7 Å². The lowest BCUT2D eigenvalue weighted by Crippen LogP contribution is -1.89. The van der Waals surface area contributed by atoms with Crippen molar-refractivity contribution in [2.75, 3.05) is 5.73 Å². The van der Waals surface area contributed by atoms with Crippen LogP contribution in [0.1, 0.15) is 31.4 Å². The van der Waals surface area contributed by atoms with E-state index in [9.17, 15) is 0 Å². The Kier molecular flexibility index (Phi) is 6.44. The number of benzene rings is 1. The topological polar surface area (TPSA) is 55.9 Å². The van der Waals surface area contributed by atoms with Gasteiger partial charge in [-0.05, 0) is 44.2 Å². The first-order valence-electron chi connectivity index (χ1n) is 6.58. The fraction of sp³-hybridized carbons (Fsp3) is 0.312. The second-order valence-corrected chi connectivity index (χ2v) is 4.88. The maximum absolute atomic E-state index is 5.19. The highest BCUT2D eigenvalue weighted by atomic mass is 14.9. The van der Waals surface area contributed by atoms with Crippen molar-refractivity contribution in [3.63, 3.8) is 0 Å². The molecule has 3 nitrogen and oxygen atoms in total. The van der Waals surface area contributed by atoms with Crippen molar-refractivity contribution in [3.8, 4) is 0 Å². The van der Waals surface area contributed by atoms with Crippen LogP contribution in [-0.4, -0.2) is 4.98 Å². The van der Waals surface area contributed by atoms with Crippen LogP contribution in [0.15, 0.2) is 48.9 Å². The number of rotatable bonds is 0. The van der Waals surface area contributed by atoms with Crippen LogP contribution in [0.2, 0.25) is 0 Å². The summed E-state index contributed by atoms with van der Waals surface area (Å²) in [6.45, 7) is 7.50. The lowest BCUT2D eigenvalue weighted by molar-refractivity contribution is -0.375. The first kappa shape index (κ1) is 15.0. The number of imidazole rings is 1. The van der Waals surface area contributed by atoms with Crippen molar-refractivity contribution < 1.29 is 4.98 Å². The molecule has 0 saturated heterocycles. The summed E-state index contributed by atoms with van der Waals surface area (Å²) in [5, 5.41) is 0. The Labute approximate surface area is 115 Å². The molecule has 2 aromatic rings. The molecule has 0 spiro atoms. The van der Waals surface area contributed by atoms with Crippen molar-refractivity contribution >= 4 is 5.82 Å². The highest BCUT2D eigenvalue weighted by Gasteiger charge is 2.07. The fourth-order valence-corrected chi connectivity index (χ4v) is 1.81. The minimum absolute atomic E-state index is 0.662. The molecular formula is C16H24N3+. The lowest BCUT2D eigenvalue weighted by Gasteiger charge is -1.93. The molecule has 0 atom stereocenters. The van der Waals surface area contributed by atoms with Gasteiger partial charge in [0.05, 0.1) is 0 Å². The Hall–Kier alpha value is -2.03. The van der Waals surface area contributed by atoms with E-state index in [2.05, 4.69) is 40.8 Å². The van der Waals surface area contributed by atoms with Gasteiger partial charge in [-0.2, -0.15) is 0 Å². The van der Waals surface area contributed by atoms with Crippen molar-refractivity contribution in [2.24, 2.45) is 0 Å². The third kappa shape index (κ3) is 6.46. The zero-order valence-electron chi connectivity index (χ0n) is 11.9. The van der Waals surface area contributed by atoms with Gasteiger partial charge in [0.15, 0.2) is 6.20 Å². The van der Waals surface area contributed by atoms with Crippen LogP contribution in [0.3, 0.4) is 0 Å². The predicted octanol–water partition coefficient (Wildman–Crippen LogP) is 3.17. The van der Waals surface area contributed by atoms with Crippen LogP contribution in [0.4, 0.5) is 5.82 Å². The summed E-state index contributed by atoms with van der Waals surface area (Å²) < 4.78 is 0. The monoisotopic (exact) mass is 258 g/mol. The number of anilines is 1. The Morgan fingerprint density at radius 2 is 1.74 bits per heavy atom. The highest BCUT2D eigenvalue weighted by Crippen LogP contribution is 2.20. The minimum atomic E-state index is 0.662. The van der Waals surface area contributed by atoms with Crippen molar-refractivity contribution in [1.82, 2.24) is 4.98 Å². The van der Waals surface area contributed by atoms with Gasteiger partial charge in [0, 0.05) is 0 Å². The number of nitrogen functional groups attached to an aromatic ring is 1. The van der Waals surface area contributed by atoms with E-state index in [0.717, 1.165) is 0 Å². The summed E-state index contributed by atoms with van der Waals surface area (Å²) in [7, 11) is 0. The molecule has 3 rings (SSSR count). The van der Waals surface area contributed by atoms with Crippen LogP contribution in [0.25, 0.3) is 0 Å². The molecule has 0 aliphatic heterocycles. The average molecular weight is 258 g/mol. The number of H-pyrrole nitrogens is 2. The summed E-state index contributed by atoms with van der Waals surface area (Å²) in [4.78, 5) is 5.47. The van der Waals surface area contributed by atoms with Gasteiger partial charge in [0.2, 0.25) is 12.1 Å². The molecule has 0 unspecified atom stereocenters. The first-order chi connectivity index (χ1) is 9.09. The Morgan fingerprint density at radius 3 is 2.05 bits per heavy atom. The van der Waals surface area contributed by atoms with E-state index in [1.807, 2.05) is 13.8 Å². The van der Waals surface area contributed by atoms with Gasteiger partial charge < -0.3 is 5.73 Å². The minimum Gasteiger partial charge on any atom is -0.363 e. The number of fused-ring (bicyclic) bond motifs is 1. The second-order valence-electron chi connectivity index (χ2n) is 4.88. The lowest BCUT2D eigenvalue weighted by atomic mass is 10.1. The largest absolute Gasteiger partial charge is 0.363 e. The summed E-state index contributed by atoms with van der Waals surface area (Å²) in [5.74, 6) is 0.662. The van der Waals surface area contributed by atoms with Crippen molar-refractivity contribution in [1.29, 1.82) is 0 Å². The summed E-state index contributed by atoms with van der Waals surface area (Å²) in [6.07, 6.45) is 7.31.